The largest absolute Gasteiger partial charge is 0.459 e. The Bertz CT molecular complexity index is 535. The van der Waals surface area contributed by atoms with Gasteiger partial charge in [-0.15, -0.1) is 0 Å². The highest BCUT2D eigenvalue weighted by atomic mass is 16.3. The first-order chi connectivity index (χ1) is 8.25. The maximum atomic E-state index is 6.03. The first-order valence-electron chi connectivity index (χ1n) is 6.49. The summed E-state index contributed by atoms with van der Waals surface area (Å²) in [4.78, 5) is 0. The number of benzene rings is 1. The molecule has 0 saturated carbocycles. The minimum atomic E-state index is 0.413. The smallest absolute Gasteiger partial charge is 0.134 e. The molecule has 1 aliphatic heterocycles. The number of nitrogens with one attached hydrogen (secondary N) is 1. The molecular formula is C15H19NO. The zero-order valence-electron chi connectivity index (χ0n) is 10.5. The highest BCUT2D eigenvalue weighted by Crippen LogP contribution is 2.33. The fourth-order valence-corrected chi connectivity index (χ4v) is 2.76. The van der Waals surface area contributed by atoms with Crippen LogP contribution in [0.25, 0.3) is 11.0 Å². The molecule has 1 saturated heterocycles. The summed E-state index contributed by atoms with van der Waals surface area (Å²) in [6, 6.07) is 6.84. The monoisotopic (exact) mass is 229 g/mol. The molecule has 2 aromatic rings. The van der Waals surface area contributed by atoms with E-state index in [1.54, 1.807) is 0 Å². The summed E-state index contributed by atoms with van der Waals surface area (Å²) >= 11 is 0. The average molecular weight is 229 g/mol. The van der Waals surface area contributed by atoms with E-state index in [1.807, 2.05) is 0 Å². The minimum Gasteiger partial charge on any atom is -0.459 e. The van der Waals surface area contributed by atoms with Crippen LogP contribution < -0.4 is 5.32 Å². The van der Waals surface area contributed by atoms with Crippen LogP contribution in [0.3, 0.4) is 0 Å². The van der Waals surface area contributed by atoms with Crippen molar-refractivity contribution in [1.82, 2.24) is 5.32 Å². The summed E-state index contributed by atoms with van der Waals surface area (Å²) in [5.74, 6) is 1.14. The number of hydrogen-bond donors (Lipinski definition) is 1. The van der Waals surface area contributed by atoms with Gasteiger partial charge in [-0.05, 0) is 50.9 Å². The molecule has 1 aliphatic rings. The van der Waals surface area contributed by atoms with Crippen LogP contribution in [-0.2, 0) is 0 Å². The Balaban J connectivity index is 2.07. The van der Waals surface area contributed by atoms with Gasteiger partial charge in [-0.2, -0.15) is 0 Å². The lowest BCUT2D eigenvalue weighted by Gasteiger charge is -2.22. The molecule has 3 rings (SSSR count). The summed E-state index contributed by atoms with van der Waals surface area (Å²) in [6.07, 6.45) is 3.78. The van der Waals surface area contributed by atoms with Gasteiger partial charge in [-0.1, -0.05) is 18.1 Å². The quantitative estimate of drug-likeness (QED) is 0.803. The molecule has 1 atom stereocenters. The van der Waals surface area contributed by atoms with Gasteiger partial charge in [0.05, 0.1) is 6.04 Å². The number of aryl methyl sites for hydroxylation is 2. The second-order valence-electron chi connectivity index (χ2n) is 5.09. The van der Waals surface area contributed by atoms with Gasteiger partial charge in [-0.25, -0.2) is 0 Å². The second kappa shape index (κ2) is 4.19. The summed E-state index contributed by atoms with van der Waals surface area (Å²) < 4.78 is 6.03. The topological polar surface area (TPSA) is 25.2 Å². The van der Waals surface area contributed by atoms with E-state index in [4.69, 9.17) is 4.42 Å². The average Bonchev–Trinajstić information content (AvgIpc) is 2.68. The van der Waals surface area contributed by atoms with Crippen molar-refractivity contribution in [2.75, 3.05) is 6.54 Å². The Morgan fingerprint density at radius 1 is 1.24 bits per heavy atom. The fraction of sp³-hybridized carbons (Fsp3) is 0.467. The highest BCUT2D eigenvalue weighted by molar-refractivity contribution is 5.82. The molecule has 1 fully saturated rings. The summed E-state index contributed by atoms with van der Waals surface area (Å²) in [5, 5.41) is 4.83. The first-order valence-corrected chi connectivity index (χ1v) is 6.49. The Labute approximate surface area is 102 Å². The maximum absolute atomic E-state index is 6.03. The lowest BCUT2D eigenvalue weighted by molar-refractivity contribution is 0.356. The third kappa shape index (κ3) is 1.87. The molecule has 0 radical (unpaired) electrons. The van der Waals surface area contributed by atoms with Gasteiger partial charge in [-0.3, -0.25) is 0 Å². The van der Waals surface area contributed by atoms with Crippen molar-refractivity contribution in [3.8, 4) is 0 Å². The van der Waals surface area contributed by atoms with E-state index in [2.05, 4.69) is 37.4 Å². The van der Waals surface area contributed by atoms with Crippen LogP contribution in [0, 0.1) is 13.8 Å². The van der Waals surface area contributed by atoms with Gasteiger partial charge in [0.2, 0.25) is 0 Å². The Hall–Kier alpha value is -1.28. The molecule has 90 valence electrons. The third-order valence-electron chi connectivity index (χ3n) is 3.76. The molecule has 1 aromatic heterocycles. The zero-order valence-corrected chi connectivity index (χ0v) is 10.5. The molecular weight excluding hydrogens is 210 g/mol. The van der Waals surface area contributed by atoms with E-state index in [0.29, 0.717) is 6.04 Å². The Morgan fingerprint density at radius 3 is 2.88 bits per heavy atom. The maximum Gasteiger partial charge on any atom is 0.134 e. The SMILES string of the molecule is Cc1ccc2oc([C@@H]3CCCCN3)c(C)c2c1. The zero-order chi connectivity index (χ0) is 11.8. The van der Waals surface area contributed by atoms with Crippen molar-refractivity contribution in [3.05, 3.63) is 35.1 Å². The number of hydrogen-bond acceptors (Lipinski definition) is 2. The third-order valence-corrected chi connectivity index (χ3v) is 3.76. The van der Waals surface area contributed by atoms with Gasteiger partial charge >= 0.3 is 0 Å². The van der Waals surface area contributed by atoms with Crippen molar-refractivity contribution >= 4 is 11.0 Å². The summed E-state index contributed by atoms with van der Waals surface area (Å²) in [6.45, 7) is 5.42. The van der Waals surface area contributed by atoms with Crippen LogP contribution >= 0.6 is 0 Å². The minimum absolute atomic E-state index is 0.413. The Kier molecular flexibility index (Phi) is 2.67. The van der Waals surface area contributed by atoms with Gasteiger partial charge in [0.15, 0.2) is 0 Å². The molecule has 0 aliphatic carbocycles. The van der Waals surface area contributed by atoms with Crippen LogP contribution in [0.2, 0.25) is 0 Å². The van der Waals surface area contributed by atoms with E-state index in [1.165, 1.54) is 35.8 Å². The number of furan rings is 1. The van der Waals surface area contributed by atoms with Crippen molar-refractivity contribution in [2.45, 2.75) is 39.2 Å². The Morgan fingerprint density at radius 2 is 2.12 bits per heavy atom. The van der Waals surface area contributed by atoms with Crippen molar-refractivity contribution in [2.24, 2.45) is 0 Å². The van der Waals surface area contributed by atoms with E-state index in [0.717, 1.165) is 17.9 Å². The molecule has 2 nitrogen and oxygen atoms in total. The van der Waals surface area contributed by atoms with Crippen LogP contribution in [0.5, 0.6) is 0 Å². The van der Waals surface area contributed by atoms with Crippen LogP contribution in [0.4, 0.5) is 0 Å². The van der Waals surface area contributed by atoms with Crippen LogP contribution in [-0.4, -0.2) is 6.54 Å². The van der Waals surface area contributed by atoms with Crippen molar-refractivity contribution in [3.63, 3.8) is 0 Å². The predicted molar refractivity (Wildman–Crippen MR) is 70.3 cm³/mol. The van der Waals surface area contributed by atoms with E-state index in [-0.39, 0.29) is 0 Å². The molecule has 2 heterocycles. The normalized spacial score (nSPS) is 20.9. The predicted octanol–water partition coefficient (Wildman–Crippen LogP) is 3.86. The molecule has 0 spiro atoms. The fourth-order valence-electron chi connectivity index (χ4n) is 2.76. The molecule has 0 bridgehead atoms. The number of rotatable bonds is 1. The van der Waals surface area contributed by atoms with E-state index in [9.17, 15) is 0 Å². The summed E-state index contributed by atoms with van der Waals surface area (Å²) in [7, 11) is 0. The highest BCUT2D eigenvalue weighted by Gasteiger charge is 2.21. The van der Waals surface area contributed by atoms with E-state index < -0.39 is 0 Å². The number of fused-ring (bicyclic) bond motifs is 1. The van der Waals surface area contributed by atoms with E-state index >= 15 is 0 Å². The first kappa shape index (κ1) is 10.8. The molecule has 1 N–H and O–H groups in total. The molecule has 0 unspecified atom stereocenters. The molecule has 1 aromatic carbocycles. The van der Waals surface area contributed by atoms with Gasteiger partial charge < -0.3 is 9.73 Å². The van der Waals surface area contributed by atoms with Crippen molar-refractivity contribution < 1.29 is 4.42 Å². The van der Waals surface area contributed by atoms with Gasteiger partial charge in [0, 0.05) is 5.39 Å². The second-order valence-corrected chi connectivity index (χ2v) is 5.09. The van der Waals surface area contributed by atoms with Crippen molar-refractivity contribution in [1.29, 1.82) is 0 Å². The lowest BCUT2D eigenvalue weighted by Crippen LogP contribution is -2.26. The molecule has 0 amide bonds. The lowest BCUT2D eigenvalue weighted by atomic mass is 9.99. The molecule has 17 heavy (non-hydrogen) atoms. The summed E-state index contributed by atoms with van der Waals surface area (Å²) in [5.41, 5.74) is 3.63. The van der Waals surface area contributed by atoms with Gasteiger partial charge in [0.1, 0.15) is 11.3 Å². The van der Waals surface area contributed by atoms with Crippen LogP contribution in [0.15, 0.2) is 22.6 Å². The van der Waals surface area contributed by atoms with Gasteiger partial charge in [0.25, 0.3) is 0 Å². The standard InChI is InChI=1S/C15H19NO/c1-10-6-7-14-12(9-10)11(2)15(17-14)13-5-3-4-8-16-13/h6-7,9,13,16H,3-5,8H2,1-2H3/t13-/m0/s1. The molecule has 2 heteroatoms. The number of piperidine rings is 1. The van der Waals surface area contributed by atoms with Crippen LogP contribution in [0.1, 0.15) is 42.2 Å².